The number of ether oxygens (including phenoxy) is 1. The summed E-state index contributed by atoms with van der Waals surface area (Å²) in [6.45, 7) is 2.12. The molecule has 0 spiro atoms. The van der Waals surface area contributed by atoms with Crippen molar-refractivity contribution >= 4 is 17.3 Å². The number of carbonyl (C=O) groups excluding carboxylic acids is 1. The van der Waals surface area contributed by atoms with Crippen molar-refractivity contribution in [1.82, 2.24) is 4.90 Å². The predicted octanol–water partition coefficient (Wildman–Crippen LogP) is 4.26. The summed E-state index contributed by atoms with van der Waals surface area (Å²) in [4.78, 5) is 24.2. The van der Waals surface area contributed by atoms with Gasteiger partial charge in [-0.1, -0.05) is 24.3 Å². The lowest BCUT2D eigenvalue weighted by Crippen LogP contribution is -2.25. The van der Waals surface area contributed by atoms with Crippen LogP contribution in [0.3, 0.4) is 0 Å². The Morgan fingerprint density at radius 3 is 2.59 bits per heavy atom. The lowest BCUT2D eigenvalue weighted by molar-refractivity contribution is -0.384. The zero-order valence-corrected chi connectivity index (χ0v) is 15.8. The van der Waals surface area contributed by atoms with Crippen molar-refractivity contribution in [1.29, 1.82) is 0 Å². The number of anilines is 1. The minimum atomic E-state index is -4.79. The van der Waals surface area contributed by atoms with E-state index < -0.39 is 11.3 Å². The molecule has 29 heavy (non-hydrogen) atoms. The molecule has 2 aromatic carbocycles. The second-order valence-electron chi connectivity index (χ2n) is 6.45. The summed E-state index contributed by atoms with van der Waals surface area (Å²) in [5.74, 6) is -0.649. The number of carbonyl (C=O) groups is 1. The Morgan fingerprint density at radius 1 is 1.24 bits per heavy atom. The van der Waals surface area contributed by atoms with E-state index in [4.69, 9.17) is 0 Å². The number of amides is 1. The third kappa shape index (κ3) is 7.07. The Kier molecular flexibility index (Phi) is 7.16. The Morgan fingerprint density at radius 2 is 1.93 bits per heavy atom. The maximum absolute atomic E-state index is 12.5. The van der Waals surface area contributed by atoms with Crippen LogP contribution in [0, 0.1) is 17.0 Å². The van der Waals surface area contributed by atoms with E-state index in [9.17, 15) is 28.1 Å². The monoisotopic (exact) mass is 411 g/mol. The number of rotatable bonds is 8. The van der Waals surface area contributed by atoms with Crippen molar-refractivity contribution in [3.8, 4) is 5.75 Å². The maximum atomic E-state index is 12.5. The van der Waals surface area contributed by atoms with E-state index in [1.807, 2.05) is 0 Å². The first-order chi connectivity index (χ1) is 13.5. The largest absolute Gasteiger partial charge is 0.573 e. The summed E-state index contributed by atoms with van der Waals surface area (Å²) in [5.41, 5.74) is 1.22. The predicted molar refractivity (Wildman–Crippen MR) is 101 cm³/mol. The highest BCUT2D eigenvalue weighted by molar-refractivity contribution is 5.92. The lowest BCUT2D eigenvalue weighted by Gasteiger charge is -2.19. The molecule has 0 atom stereocenters. The minimum Gasteiger partial charge on any atom is -0.405 e. The number of non-ortho nitro benzene ring substituents is 1. The van der Waals surface area contributed by atoms with Crippen LogP contribution in [0.25, 0.3) is 0 Å². The highest BCUT2D eigenvalue weighted by atomic mass is 19.4. The van der Waals surface area contributed by atoms with E-state index in [1.165, 1.54) is 36.4 Å². The normalized spacial score (nSPS) is 11.4. The molecule has 0 aromatic heterocycles. The summed E-state index contributed by atoms with van der Waals surface area (Å²) in [7, 11) is 1.66. The third-order valence-corrected chi connectivity index (χ3v) is 4.07. The Hall–Kier alpha value is -3.14. The second-order valence-corrected chi connectivity index (χ2v) is 6.45. The second kappa shape index (κ2) is 9.37. The van der Waals surface area contributed by atoms with Crippen LogP contribution in [0.5, 0.6) is 5.75 Å². The molecule has 2 aromatic rings. The van der Waals surface area contributed by atoms with Gasteiger partial charge >= 0.3 is 6.36 Å². The van der Waals surface area contributed by atoms with Crippen LogP contribution < -0.4 is 10.1 Å². The smallest absolute Gasteiger partial charge is 0.405 e. The molecule has 0 saturated heterocycles. The average Bonchev–Trinajstić information content (AvgIpc) is 2.62. The number of nitrogens with zero attached hydrogens (tertiary/aromatic N) is 2. The number of halogens is 3. The highest BCUT2D eigenvalue weighted by Crippen LogP contribution is 2.27. The van der Waals surface area contributed by atoms with Crippen LogP contribution in [-0.2, 0) is 11.3 Å². The van der Waals surface area contributed by atoms with Gasteiger partial charge in [0.25, 0.3) is 5.69 Å². The number of benzene rings is 2. The molecular formula is C19H20F3N3O4. The quantitative estimate of drug-likeness (QED) is 0.518. The van der Waals surface area contributed by atoms with Crippen LogP contribution in [0.4, 0.5) is 24.5 Å². The van der Waals surface area contributed by atoms with E-state index in [0.717, 1.165) is 0 Å². The van der Waals surface area contributed by atoms with Gasteiger partial charge in [-0.05, 0) is 25.6 Å². The van der Waals surface area contributed by atoms with Crippen molar-refractivity contribution in [2.45, 2.75) is 26.3 Å². The highest BCUT2D eigenvalue weighted by Gasteiger charge is 2.32. The zero-order chi connectivity index (χ0) is 21.6. The first kappa shape index (κ1) is 22.2. The van der Waals surface area contributed by atoms with Gasteiger partial charge in [-0.15, -0.1) is 13.2 Å². The number of nitro benzene ring substituents is 1. The van der Waals surface area contributed by atoms with Gasteiger partial charge in [-0.3, -0.25) is 14.9 Å². The van der Waals surface area contributed by atoms with Crippen molar-refractivity contribution in [3.05, 3.63) is 63.7 Å². The minimum absolute atomic E-state index is 0.0565. The molecule has 0 aliphatic heterocycles. The Bertz CT molecular complexity index is 887. The summed E-state index contributed by atoms with van der Waals surface area (Å²) in [5, 5.41) is 13.5. The molecule has 156 valence electrons. The molecule has 1 amide bonds. The molecule has 10 heteroatoms. The number of hydrogen-bond donors (Lipinski definition) is 1. The molecule has 0 aliphatic rings. The number of aryl methyl sites for hydroxylation is 1. The molecule has 0 heterocycles. The zero-order valence-electron chi connectivity index (χ0n) is 15.8. The van der Waals surface area contributed by atoms with Gasteiger partial charge in [0.2, 0.25) is 5.91 Å². The maximum Gasteiger partial charge on any atom is 0.573 e. The van der Waals surface area contributed by atoms with Crippen molar-refractivity contribution in [2.24, 2.45) is 0 Å². The summed E-state index contributed by atoms with van der Waals surface area (Å²) >= 11 is 0. The number of nitrogens with one attached hydrogen (secondary N) is 1. The van der Waals surface area contributed by atoms with Gasteiger partial charge in [0.15, 0.2) is 0 Å². The van der Waals surface area contributed by atoms with E-state index in [-0.39, 0.29) is 36.9 Å². The Balaban J connectivity index is 1.93. The third-order valence-electron chi connectivity index (χ3n) is 4.07. The topological polar surface area (TPSA) is 84.7 Å². The number of nitro groups is 1. The Labute approximate surface area is 165 Å². The van der Waals surface area contributed by atoms with E-state index in [0.29, 0.717) is 16.8 Å². The van der Waals surface area contributed by atoms with E-state index >= 15 is 0 Å². The van der Waals surface area contributed by atoms with E-state index in [2.05, 4.69) is 10.1 Å². The van der Waals surface area contributed by atoms with Gasteiger partial charge in [-0.25, -0.2) is 0 Å². The van der Waals surface area contributed by atoms with Crippen LogP contribution in [0.2, 0.25) is 0 Å². The molecule has 0 aliphatic carbocycles. The van der Waals surface area contributed by atoms with Crippen LogP contribution >= 0.6 is 0 Å². The standard InChI is InChI=1S/C19H20F3N3O4/c1-13-7-8-15(25(27)28)11-16(13)23-18(26)9-10-24(2)12-14-5-3-4-6-17(14)29-19(20,21)22/h3-8,11H,9-10,12H2,1-2H3,(H,23,26). The number of hydrogen-bond acceptors (Lipinski definition) is 5. The fraction of sp³-hybridized carbons (Fsp3) is 0.316. The molecule has 1 N–H and O–H groups in total. The van der Waals surface area contributed by atoms with Gasteiger partial charge in [0.1, 0.15) is 5.75 Å². The molecule has 7 nitrogen and oxygen atoms in total. The van der Waals surface area contributed by atoms with Gasteiger partial charge in [-0.2, -0.15) is 0 Å². The lowest BCUT2D eigenvalue weighted by atomic mass is 10.1. The molecular weight excluding hydrogens is 391 g/mol. The molecule has 2 rings (SSSR count). The number of alkyl halides is 3. The first-order valence-corrected chi connectivity index (χ1v) is 8.62. The molecule has 0 fully saturated rings. The fourth-order valence-corrected chi connectivity index (χ4v) is 2.59. The molecule has 0 saturated carbocycles. The number of para-hydroxylation sites is 1. The molecule has 0 unspecified atom stereocenters. The molecule has 0 radical (unpaired) electrons. The van der Waals surface area contributed by atoms with Crippen molar-refractivity contribution < 1.29 is 27.6 Å². The van der Waals surface area contributed by atoms with Crippen molar-refractivity contribution in [3.63, 3.8) is 0 Å². The summed E-state index contributed by atoms with van der Waals surface area (Å²) in [6, 6.07) is 9.96. The van der Waals surface area contributed by atoms with Crippen LogP contribution in [0.15, 0.2) is 42.5 Å². The van der Waals surface area contributed by atoms with Gasteiger partial charge in [0.05, 0.1) is 10.6 Å². The van der Waals surface area contributed by atoms with Gasteiger partial charge < -0.3 is 15.0 Å². The van der Waals surface area contributed by atoms with Crippen LogP contribution in [0.1, 0.15) is 17.5 Å². The van der Waals surface area contributed by atoms with Gasteiger partial charge in [0, 0.05) is 37.2 Å². The van der Waals surface area contributed by atoms with Crippen LogP contribution in [-0.4, -0.2) is 35.7 Å². The van der Waals surface area contributed by atoms with E-state index in [1.54, 1.807) is 24.9 Å². The SMILES string of the molecule is Cc1ccc([N+](=O)[O-])cc1NC(=O)CCN(C)Cc1ccccc1OC(F)(F)F. The molecule has 0 bridgehead atoms. The fourth-order valence-electron chi connectivity index (χ4n) is 2.59. The average molecular weight is 411 g/mol. The van der Waals surface area contributed by atoms with Crippen molar-refractivity contribution in [2.75, 3.05) is 18.9 Å². The summed E-state index contributed by atoms with van der Waals surface area (Å²) < 4.78 is 41.5. The first-order valence-electron chi connectivity index (χ1n) is 8.62. The summed E-state index contributed by atoms with van der Waals surface area (Å²) in [6.07, 6.45) is -4.73.